The van der Waals surface area contributed by atoms with E-state index in [1.807, 2.05) is 0 Å². The molecule has 1 rings (SSSR count). The first-order chi connectivity index (χ1) is 7.22. The van der Waals surface area contributed by atoms with Gasteiger partial charge in [0.15, 0.2) is 5.75 Å². The molecule has 1 aromatic rings. The van der Waals surface area contributed by atoms with Gasteiger partial charge in [0.25, 0.3) is 5.24 Å². The lowest BCUT2D eigenvalue weighted by Gasteiger charge is -2.14. The van der Waals surface area contributed by atoms with Gasteiger partial charge in [-0.1, -0.05) is 0 Å². The Morgan fingerprint density at radius 2 is 2.00 bits per heavy atom. The first-order valence-corrected chi connectivity index (χ1v) is 4.93. The average molecular weight is 318 g/mol. The predicted octanol–water partition coefficient (Wildman–Crippen LogP) is 3.31. The molecule has 0 aliphatic rings. The topological polar surface area (TPSA) is 52.3 Å². The summed E-state index contributed by atoms with van der Waals surface area (Å²) < 4.78 is 39.9. The Labute approximate surface area is 101 Å². The normalized spacial score (nSPS) is 11.3. The highest BCUT2D eigenvalue weighted by atomic mass is 79.9. The Morgan fingerprint density at radius 1 is 1.44 bits per heavy atom. The quantitative estimate of drug-likeness (QED) is 0.672. The van der Waals surface area contributed by atoms with E-state index in [0.29, 0.717) is 0 Å². The number of hydrogen-bond acceptors (Lipinski definition) is 3. The first-order valence-electron chi connectivity index (χ1n) is 3.76. The van der Waals surface area contributed by atoms with Gasteiger partial charge in [-0.25, -0.2) is 0 Å². The summed E-state index contributed by atoms with van der Waals surface area (Å²) in [6.07, 6.45) is -4.95. The Hall–Kier alpha value is -0.950. The van der Waals surface area contributed by atoms with E-state index < -0.39 is 22.9 Å². The number of benzene rings is 1. The lowest BCUT2D eigenvalue weighted by atomic mass is 10.2. The fourth-order valence-electron chi connectivity index (χ4n) is 0.984. The zero-order valence-corrected chi connectivity index (χ0v) is 9.78. The molecule has 0 radical (unpaired) electrons. The van der Waals surface area contributed by atoms with Gasteiger partial charge in [-0.05, 0) is 39.7 Å². The van der Waals surface area contributed by atoms with Crippen LogP contribution in [-0.2, 0) is 0 Å². The number of carbonyl (C=O) groups is 1. The SMILES string of the molecule is Nc1ccc(Br)c(C(=O)Cl)c1OC(F)(F)F. The maximum atomic E-state index is 12.0. The van der Waals surface area contributed by atoms with Gasteiger partial charge >= 0.3 is 6.36 Å². The molecule has 0 unspecified atom stereocenters. The van der Waals surface area contributed by atoms with Crippen LogP contribution in [-0.4, -0.2) is 11.6 Å². The molecule has 0 aliphatic carbocycles. The molecule has 0 aliphatic heterocycles. The van der Waals surface area contributed by atoms with Crippen molar-refractivity contribution in [1.82, 2.24) is 0 Å². The van der Waals surface area contributed by atoms with Crippen molar-refractivity contribution in [3.63, 3.8) is 0 Å². The third-order valence-corrected chi connectivity index (χ3v) is 2.40. The summed E-state index contributed by atoms with van der Waals surface area (Å²) in [7, 11) is 0. The summed E-state index contributed by atoms with van der Waals surface area (Å²) in [5.41, 5.74) is 4.49. The summed E-state index contributed by atoms with van der Waals surface area (Å²) in [5.74, 6) is -0.804. The molecular formula is C8H4BrClF3NO2. The van der Waals surface area contributed by atoms with E-state index in [1.165, 1.54) is 6.07 Å². The number of anilines is 1. The molecule has 1 aromatic carbocycles. The third kappa shape index (κ3) is 3.02. The van der Waals surface area contributed by atoms with Crippen LogP contribution in [0.5, 0.6) is 5.75 Å². The third-order valence-electron chi connectivity index (χ3n) is 1.55. The maximum Gasteiger partial charge on any atom is 0.573 e. The molecule has 0 saturated heterocycles. The van der Waals surface area contributed by atoms with Gasteiger partial charge in [0.1, 0.15) is 0 Å². The zero-order chi connectivity index (χ0) is 12.5. The minimum Gasteiger partial charge on any atom is -0.403 e. The van der Waals surface area contributed by atoms with Crippen molar-refractivity contribution in [3.05, 3.63) is 22.2 Å². The number of carbonyl (C=O) groups excluding carboxylic acids is 1. The number of halogens is 5. The number of ether oxygens (including phenoxy) is 1. The van der Waals surface area contributed by atoms with Gasteiger partial charge in [-0.3, -0.25) is 4.79 Å². The highest BCUT2D eigenvalue weighted by Gasteiger charge is 2.34. The molecule has 88 valence electrons. The van der Waals surface area contributed by atoms with Crippen molar-refractivity contribution >= 4 is 38.5 Å². The average Bonchev–Trinajstić information content (AvgIpc) is 2.08. The molecule has 16 heavy (non-hydrogen) atoms. The van der Waals surface area contributed by atoms with Crippen LogP contribution in [0.2, 0.25) is 0 Å². The van der Waals surface area contributed by atoms with Crippen molar-refractivity contribution in [1.29, 1.82) is 0 Å². The van der Waals surface area contributed by atoms with E-state index >= 15 is 0 Å². The molecular weight excluding hydrogens is 314 g/mol. The van der Waals surface area contributed by atoms with Crippen LogP contribution in [0, 0.1) is 0 Å². The number of nitrogen functional groups attached to an aromatic ring is 1. The van der Waals surface area contributed by atoms with Crippen molar-refractivity contribution < 1.29 is 22.7 Å². The number of nitrogens with two attached hydrogens (primary N) is 1. The fraction of sp³-hybridized carbons (Fsp3) is 0.125. The van der Waals surface area contributed by atoms with Crippen molar-refractivity contribution in [2.45, 2.75) is 6.36 Å². The zero-order valence-electron chi connectivity index (χ0n) is 7.44. The van der Waals surface area contributed by atoms with Gasteiger partial charge in [-0.15, -0.1) is 13.2 Å². The largest absolute Gasteiger partial charge is 0.573 e. The molecule has 0 saturated carbocycles. The van der Waals surface area contributed by atoms with Gasteiger partial charge in [-0.2, -0.15) is 0 Å². The van der Waals surface area contributed by atoms with Gasteiger partial charge in [0.2, 0.25) is 0 Å². The van der Waals surface area contributed by atoms with E-state index in [9.17, 15) is 18.0 Å². The highest BCUT2D eigenvalue weighted by molar-refractivity contribution is 9.10. The van der Waals surface area contributed by atoms with Crippen LogP contribution in [0.1, 0.15) is 10.4 Å². The highest BCUT2D eigenvalue weighted by Crippen LogP contribution is 2.37. The Bertz CT molecular complexity index is 436. The van der Waals surface area contributed by atoms with Crippen LogP contribution in [0.4, 0.5) is 18.9 Å². The van der Waals surface area contributed by atoms with Crippen molar-refractivity contribution in [2.24, 2.45) is 0 Å². The molecule has 0 atom stereocenters. The molecule has 0 spiro atoms. The van der Waals surface area contributed by atoms with E-state index in [1.54, 1.807) is 0 Å². The predicted molar refractivity (Wildman–Crippen MR) is 55.4 cm³/mol. The fourth-order valence-corrected chi connectivity index (χ4v) is 1.78. The number of hydrogen-bond donors (Lipinski definition) is 1. The molecule has 3 nitrogen and oxygen atoms in total. The monoisotopic (exact) mass is 317 g/mol. The van der Waals surface area contributed by atoms with Gasteiger partial charge in [0, 0.05) is 4.47 Å². The second kappa shape index (κ2) is 4.50. The molecule has 8 heteroatoms. The molecule has 0 fully saturated rings. The molecule has 0 aromatic heterocycles. The molecule has 0 amide bonds. The lowest BCUT2D eigenvalue weighted by molar-refractivity contribution is -0.274. The standard InChI is InChI=1S/C8H4BrClF3NO2/c9-3-1-2-4(14)6(5(3)7(10)15)16-8(11,12)13/h1-2H,14H2. The van der Waals surface area contributed by atoms with E-state index in [-0.39, 0.29) is 10.2 Å². The van der Waals surface area contributed by atoms with Crippen LogP contribution in [0.25, 0.3) is 0 Å². The van der Waals surface area contributed by atoms with E-state index in [4.69, 9.17) is 17.3 Å². The van der Waals surface area contributed by atoms with Crippen LogP contribution in [0.3, 0.4) is 0 Å². The summed E-state index contributed by atoms with van der Waals surface area (Å²) in [6, 6.07) is 2.46. The van der Waals surface area contributed by atoms with Gasteiger partial charge < -0.3 is 10.5 Å². The second-order valence-corrected chi connectivity index (χ2v) is 3.86. The van der Waals surface area contributed by atoms with Crippen molar-refractivity contribution in [3.8, 4) is 5.75 Å². The number of alkyl halides is 3. The first kappa shape index (κ1) is 13.1. The van der Waals surface area contributed by atoms with Crippen LogP contribution in [0.15, 0.2) is 16.6 Å². The summed E-state index contributed by atoms with van der Waals surface area (Å²) in [5, 5.41) is -1.10. The second-order valence-electron chi connectivity index (χ2n) is 2.66. The minimum absolute atomic E-state index is 0.0703. The van der Waals surface area contributed by atoms with Crippen LogP contribution < -0.4 is 10.5 Å². The van der Waals surface area contributed by atoms with Crippen LogP contribution >= 0.6 is 27.5 Å². The molecule has 0 heterocycles. The minimum atomic E-state index is -4.95. The Kier molecular flexibility index (Phi) is 3.69. The Balaban J connectivity index is 3.35. The summed E-state index contributed by atoms with van der Waals surface area (Å²) in [4.78, 5) is 11.0. The summed E-state index contributed by atoms with van der Waals surface area (Å²) >= 11 is 8.02. The maximum absolute atomic E-state index is 12.0. The smallest absolute Gasteiger partial charge is 0.403 e. The molecule has 0 bridgehead atoms. The Morgan fingerprint density at radius 3 is 2.44 bits per heavy atom. The van der Waals surface area contributed by atoms with E-state index in [2.05, 4.69) is 20.7 Å². The number of rotatable bonds is 2. The molecule has 2 N–H and O–H groups in total. The van der Waals surface area contributed by atoms with Crippen molar-refractivity contribution in [2.75, 3.05) is 5.73 Å². The summed E-state index contributed by atoms with van der Waals surface area (Å²) in [6.45, 7) is 0. The lowest BCUT2D eigenvalue weighted by Crippen LogP contribution is -2.19. The van der Waals surface area contributed by atoms with E-state index in [0.717, 1.165) is 6.07 Å². The van der Waals surface area contributed by atoms with Gasteiger partial charge in [0.05, 0.1) is 11.3 Å².